The number of benzene rings is 4. The monoisotopic (exact) mass is 529 g/mol. The zero-order valence-corrected chi connectivity index (χ0v) is 22.2. The van der Waals surface area contributed by atoms with Crippen LogP contribution in [0.15, 0.2) is 110 Å². The molecule has 1 saturated carbocycles. The van der Waals surface area contributed by atoms with E-state index in [-0.39, 0.29) is 18.9 Å². The largest absolute Gasteiger partial charge is 0.449 e. The molecule has 2 aliphatic rings. The van der Waals surface area contributed by atoms with Crippen molar-refractivity contribution in [3.63, 3.8) is 0 Å². The molecule has 200 valence electrons. The van der Waals surface area contributed by atoms with Gasteiger partial charge in [0.2, 0.25) is 0 Å². The van der Waals surface area contributed by atoms with Crippen molar-refractivity contribution in [1.29, 1.82) is 0 Å². The quantitative estimate of drug-likeness (QED) is 0.184. The van der Waals surface area contributed by atoms with Gasteiger partial charge < -0.3 is 14.8 Å². The summed E-state index contributed by atoms with van der Waals surface area (Å²) in [4.78, 5) is 26.6. The highest BCUT2D eigenvalue weighted by Crippen LogP contribution is 2.45. The van der Waals surface area contributed by atoms with Crippen molar-refractivity contribution >= 4 is 17.6 Å². The van der Waals surface area contributed by atoms with Crippen molar-refractivity contribution in [1.82, 2.24) is 5.32 Å². The van der Waals surface area contributed by atoms with Gasteiger partial charge in [0.1, 0.15) is 18.4 Å². The number of allylic oxidation sites excluding steroid dienone is 1. The van der Waals surface area contributed by atoms with E-state index in [9.17, 15) is 9.59 Å². The van der Waals surface area contributed by atoms with Gasteiger partial charge in [-0.1, -0.05) is 104 Å². The molecule has 1 atom stereocenters. The molecule has 0 spiro atoms. The number of nitrogens with one attached hydrogen (secondary N) is 1. The van der Waals surface area contributed by atoms with Crippen LogP contribution in [0.2, 0.25) is 0 Å². The normalized spacial score (nSPS) is 14.5. The molecule has 4 aromatic carbocycles. The van der Waals surface area contributed by atoms with Crippen LogP contribution in [0, 0.1) is 5.92 Å². The van der Waals surface area contributed by atoms with E-state index in [2.05, 4.69) is 36.2 Å². The van der Waals surface area contributed by atoms with Crippen LogP contribution in [0.5, 0.6) is 5.75 Å². The summed E-state index contributed by atoms with van der Waals surface area (Å²) in [5.74, 6) is 0.266. The maximum Gasteiger partial charge on any atom is 0.407 e. The Morgan fingerprint density at radius 3 is 2.08 bits per heavy atom. The van der Waals surface area contributed by atoms with Crippen LogP contribution in [0.1, 0.15) is 41.0 Å². The van der Waals surface area contributed by atoms with Gasteiger partial charge in [-0.3, -0.25) is 0 Å². The maximum absolute atomic E-state index is 13.5. The summed E-state index contributed by atoms with van der Waals surface area (Å²) in [7, 11) is 0. The van der Waals surface area contributed by atoms with E-state index in [1.54, 1.807) is 6.07 Å². The van der Waals surface area contributed by atoms with Crippen LogP contribution in [0.25, 0.3) is 16.7 Å². The minimum atomic E-state index is -0.930. The Kier molecular flexibility index (Phi) is 7.19. The van der Waals surface area contributed by atoms with Crippen molar-refractivity contribution < 1.29 is 19.1 Å². The van der Waals surface area contributed by atoms with Gasteiger partial charge in [-0.15, -0.1) is 0 Å². The van der Waals surface area contributed by atoms with Crippen molar-refractivity contribution in [2.75, 3.05) is 6.61 Å². The second-order valence-corrected chi connectivity index (χ2v) is 10.4. The lowest BCUT2D eigenvalue weighted by atomic mass is 9.98. The van der Waals surface area contributed by atoms with Crippen LogP contribution < -0.4 is 10.1 Å². The Morgan fingerprint density at radius 1 is 0.800 bits per heavy atom. The first kappa shape index (κ1) is 25.6. The van der Waals surface area contributed by atoms with Crippen LogP contribution >= 0.6 is 0 Å². The number of esters is 1. The first-order chi connectivity index (χ1) is 19.6. The lowest BCUT2D eigenvalue weighted by molar-refractivity contribution is -0.136. The molecule has 2 aliphatic carbocycles. The molecule has 5 heteroatoms. The van der Waals surface area contributed by atoms with Crippen molar-refractivity contribution in [3.8, 4) is 16.9 Å². The minimum absolute atomic E-state index is 0.0713. The zero-order valence-electron chi connectivity index (χ0n) is 22.2. The first-order valence-electron chi connectivity index (χ1n) is 13.7. The number of carbonyl (C=O) groups is 2. The molecule has 0 saturated heterocycles. The van der Waals surface area contributed by atoms with E-state index in [1.165, 1.54) is 0 Å². The van der Waals surface area contributed by atoms with Crippen LogP contribution in [0.4, 0.5) is 4.79 Å². The summed E-state index contributed by atoms with van der Waals surface area (Å²) in [5.41, 5.74) is 7.28. The van der Waals surface area contributed by atoms with E-state index >= 15 is 0 Å². The molecule has 0 radical (unpaired) electrons. The molecule has 0 aliphatic heterocycles. The molecule has 0 bridgehead atoms. The van der Waals surface area contributed by atoms with Crippen LogP contribution in [0.3, 0.4) is 0 Å². The number of carbonyl (C=O) groups excluding carboxylic acids is 2. The molecule has 0 aromatic heterocycles. The highest BCUT2D eigenvalue weighted by molar-refractivity contribution is 5.85. The van der Waals surface area contributed by atoms with E-state index in [0.29, 0.717) is 11.7 Å². The third kappa shape index (κ3) is 5.41. The van der Waals surface area contributed by atoms with Gasteiger partial charge in [0.15, 0.2) is 0 Å². The second-order valence-electron chi connectivity index (χ2n) is 10.4. The summed E-state index contributed by atoms with van der Waals surface area (Å²) >= 11 is 0. The zero-order chi connectivity index (χ0) is 27.5. The fourth-order valence-corrected chi connectivity index (χ4v) is 5.48. The Morgan fingerprint density at radius 2 is 1.40 bits per heavy atom. The van der Waals surface area contributed by atoms with E-state index in [0.717, 1.165) is 51.8 Å². The molecule has 1 N–H and O–H groups in total. The van der Waals surface area contributed by atoms with Crippen molar-refractivity contribution in [2.45, 2.75) is 31.2 Å². The van der Waals surface area contributed by atoms with Gasteiger partial charge in [0.05, 0.1) is 0 Å². The predicted octanol–water partition coefficient (Wildman–Crippen LogP) is 7.17. The summed E-state index contributed by atoms with van der Waals surface area (Å²) < 4.78 is 11.6. The van der Waals surface area contributed by atoms with Gasteiger partial charge in [0, 0.05) is 17.9 Å². The molecular formula is C35H31NO4. The Hall–Kier alpha value is -4.64. The molecule has 6 rings (SSSR count). The summed E-state index contributed by atoms with van der Waals surface area (Å²) in [6, 6.07) is 32.4. The van der Waals surface area contributed by atoms with E-state index < -0.39 is 18.1 Å². The number of hydrogen-bond donors (Lipinski definition) is 1. The van der Waals surface area contributed by atoms with Crippen molar-refractivity contribution in [3.05, 3.63) is 132 Å². The lowest BCUT2D eigenvalue weighted by Gasteiger charge is -2.20. The number of fused-ring (bicyclic) bond motifs is 3. The highest BCUT2D eigenvalue weighted by Gasteiger charge is 2.31. The molecular weight excluding hydrogens is 498 g/mol. The van der Waals surface area contributed by atoms with E-state index in [1.807, 2.05) is 72.8 Å². The minimum Gasteiger partial charge on any atom is -0.449 e. The SMILES string of the molecule is C=C(c1ccccc1OC(=O)C(Cc1ccccc1)NC(=O)OCC1c2ccccc2-c2ccccc21)C1CC1. The number of amides is 1. The number of hydrogen-bond acceptors (Lipinski definition) is 4. The average molecular weight is 530 g/mol. The van der Waals surface area contributed by atoms with Gasteiger partial charge in [-0.2, -0.15) is 0 Å². The smallest absolute Gasteiger partial charge is 0.407 e. The van der Waals surface area contributed by atoms with Gasteiger partial charge >= 0.3 is 12.1 Å². The highest BCUT2D eigenvalue weighted by atomic mass is 16.6. The Bertz CT molecular complexity index is 1510. The third-order valence-corrected chi connectivity index (χ3v) is 7.72. The lowest BCUT2D eigenvalue weighted by Crippen LogP contribution is -2.45. The van der Waals surface area contributed by atoms with Gasteiger partial charge in [-0.05, 0) is 58.2 Å². The topological polar surface area (TPSA) is 64.6 Å². The van der Waals surface area contributed by atoms with Crippen LogP contribution in [-0.2, 0) is 16.0 Å². The maximum atomic E-state index is 13.5. The van der Waals surface area contributed by atoms with E-state index in [4.69, 9.17) is 9.47 Å². The fourth-order valence-electron chi connectivity index (χ4n) is 5.48. The molecule has 1 fully saturated rings. The first-order valence-corrected chi connectivity index (χ1v) is 13.7. The number of alkyl carbamates (subject to hydrolysis) is 1. The number of rotatable bonds is 9. The molecule has 40 heavy (non-hydrogen) atoms. The molecule has 1 amide bonds. The molecule has 4 aromatic rings. The molecule has 1 unspecified atom stereocenters. The summed E-state index contributed by atoms with van der Waals surface area (Å²) in [5, 5.41) is 2.78. The van der Waals surface area contributed by atoms with Crippen molar-refractivity contribution in [2.24, 2.45) is 5.92 Å². The number of ether oxygens (including phenoxy) is 2. The standard InChI is InChI=1S/C35H31NO4/c1-23(25-19-20-25)26-13-9-10-18-33(26)40-34(37)32(21-24-11-3-2-4-12-24)36-35(38)39-22-31-29-16-7-5-14-27(29)28-15-6-8-17-30(28)31/h2-18,25,31-32H,1,19-22H2,(H,36,38). The molecule has 0 heterocycles. The second kappa shape index (κ2) is 11.2. The molecule has 5 nitrogen and oxygen atoms in total. The van der Waals surface area contributed by atoms with Crippen LogP contribution in [-0.4, -0.2) is 24.7 Å². The third-order valence-electron chi connectivity index (χ3n) is 7.72. The predicted molar refractivity (Wildman–Crippen MR) is 156 cm³/mol. The Balaban J connectivity index is 1.17. The summed E-state index contributed by atoms with van der Waals surface area (Å²) in [6.07, 6.45) is 1.81. The fraction of sp³-hybridized carbons (Fsp3) is 0.200. The average Bonchev–Trinajstić information content (AvgIpc) is 3.79. The number of para-hydroxylation sites is 1. The summed E-state index contributed by atoms with van der Waals surface area (Å²) in [6.45, 7) is 4.39. The Labute approximate surface area is 234 Å². The van der Waals surface area contributed by atoms with Gasteiger partial charge in [0.25, 0.3) is 0 Å². The van der Waals surface area contributed by atoms with Gasteiger partial charge in [-0.25, -0.2) is 9.59 Å².